The second-order valence-corrected chi connectivity index (χ2v) is 6.24. The molecule has 1 atom stereocenters. The molecule has 0 aromatic heterocycles. The van der Waals surface area contributed by atoms with Gasteiger partial charge >= 0.3 is 5.97 Å². The summed E-state index contributed by atoms with van der Waals surface area (Å²) in [6.45, 7) is 0. The third-order valence-corrected chi connectivity index (χ3v) is 4.28. The Bertz CT molecular complexity index is 893. The number of hydrogen-bond acceptors (Lipinski definition) is 2. The molecule has 0 spiro atoms. The molecule has 0 bridgehead atoms. The standard InChI is InChI=1S/C19H14Cl2O3/c20-15-7-5-14(17(21)11-15)10-18(19(22)23)24-16-8-6-12-3-1-2-4-13(12)9-16/h1-9,11,18H,10H2,(H,22,23)/t18-/m0/s1. The van der Waals surface area contributed by atoms with Crippen LogP contribution in [0.15, 0.2) is 60.7 Å². The number of carboxylic acids is 1. The number of hydrogen-bond donors (Lipinski definition) is 1. The number of aliphatic carboxylic acids is 1. The third-order valence-electron chi connectivity index (χ3n) is 3.70. The summed E-state index contributed by atoms with van der Waals surface area (Å²) in [5, 5.41) is 12.4. The van der Waals surface area contributed by atoms with Crippen LogP contribution in [0.4, 0.5) is 0 Å². The summed E-state index contributed by atoms with van der Waals surface area (Å²) >= 11 is 12.0. The van der Waals surface area contributed by atoms with Gasteiger partial charge in [-0.3, -0.25) is 0 Å². The van der Waals surface area contributed by atoms with E-state index < -0.39 is 12.1 Å². The molecule has 5 heteroatoms. The van der Waals surface area contributed by atoms with Crippen LogP contribution in [0.1, 0.15) is 5.56 Å². The molecule has 0 unspecified atom stereocenters. The lowest BCUT2D eigenvalue weighted by atomic mass is 10.1. The molecule has 1 N–H and O–H groups in total. The molecule has 3 aromatic rings. The molecule has 0 aliphatic heterocycles. The van der Waals surface area contributed by atoms with Gasteiger partial charge in [0, 0.05) is 16.5 Å². The molecule has 0 aliphatic rings. The quantitative estimate of drug-likeness (QED) is 0.678. The highest BCUT2D eigenvalue weighted by molar-refractivity contribution is 6.35. The molecule has 122 valence electrons. The lowest BCUT2D eigenvalue weighted by Gasteiger charge is -2.16. The topological polar surface area (TPSA) is 46.5 Å². The summed E-state index contributed by atoms with van der Waals surface area (Å²) < 4.78 is 5.68. The average Bonchev–Trinajstić information content (AvgIpc) is 2.56. The van der Waals surface area contributed by atoms with E-state index in [0.29, 0.717) is 21.4 Å². The highest BCUT2D eigenvalue weighted by atomic mass is 35.5. The fraction of sp³-hybridized carbons (Fsp3) is 0.105. The lowest BCUT2D eigenvalue weighted by molar-refractivity contribution is -0.145. The van der Waals surface area contributed by atoms with Gasteiger partial charge in [0.1, 0.15) is 5.75 Å². The Kier molecular flexibility index (Phi) is 4.93. The highest BCUT2D eigenvalue weighted by Gasteiger charge is 2.21. The summed E-state index contributed by atoms with van der Waals surface area (Å²) in [6, 6.07) is 18.3. The fourth-order valence-corrected chi connectivity index (χ4v) is 2.96. The van der Waals surface area contributed by atoms with Crippen molar-refractivity contribution in [2.45, 2.75) is 12.5 Å². The summed E-state index contributed by atoms with van der Waals surface area (Å²) in [7, 11) is 0. The number of rotatable bonds is 5. The van der Waals surface area contributed by atoms with E-state index in [9.17, 15) is 9.90 Å². The maximum absolute atomic E-state index is 11.6. The van der Waals surface area contributed by atoms with Crippen molar-refractivity contribution in [3.05, 3.63) is 76.3 Å². The maximum atomic E-state index is 11.6. The zero-order valence-corrected chi connectivity index (χ0v) is 14.1. The molecule has 0 amide bonds. The Morgan fingerprint density at radius 3 is 2.46 bits per heavy atom. The predicted octanol–water partition coefficient (Wildman–Crippen LogP) is 5.22. The van der Waals surface area contributed by atoms with Gasteiger partial charge < -0.3 is 9.84 Å². The first kappa shape index (κ1) is 16.6. The van der Waals surface area contributed by atoms with E-state index in [0.717, 1.165) is 10.8 Å². The zero-order chi connectivity index (χ0) is 17.1. The summed E-state index contributed by atoms with van der Waals surface area (Å²) in [6.07, 6.45) is -0.886. The molecule has 3 nitrogen and oxygen atoms in total. The van der Waals surface area contributed by atoms with E-state index in [4.69, 9.17) is 27.9 Å². The van der Waals surface area contributed by atoms with Gasteiger partial charge in [-0.1, -0.05) is 59.6 Å². The van der Waals surface area contributed by atoms with Gasteiger partial charge in [0.2, 0.25) is 0 Å². The van der Waals surface area contributed by atoms with Crippen molar-refractivity contribution in [3.63, 3.8) is 0 Å². The molecule has 0 saturated carbocycles. The summed E-state index contributed by atoms with van der Waals surface area (Å²) in [4.78, 5) is 11.6. The van der Waals surface area contributed by atoms with Gasteiger partial charge in [-0.05, 0) is 40.6 Å². The Labute approximate surface area is 149 Å². The first-order valence-corrected chi connectivity index (χ1v) is 8.11. The van der Waals surface area contributed by atoms with E-state index in [1.165, 1.54) is 0 Å². The van der Waals surface area contributed by atoms with Crippen molar-refractivity contribution in [1.29, 1.82) is 0 Å². The monoisotopic (exact) mass is 360 g/mol. The minimum atomic E-state index is -1.05. The first-order valence-electron chi connectivity index (χ1n) is 7.35. The van der Waals surface area contributed by atoms with Crippen LogP contribution in [0.3, 0.4) is 0 Å². The fourth-order valence-electron chi connectivity index (χ4n) is 2.47. The maximum Gasteiger partial charge on any atom is 0.345 e. The van der Waals surface area contributed by atoms with Gasteiger partial charge in [-0.25, -0.2) is 4.79 Å². The molecular formula is C19H14Cl2O3. The van der Waals surface area contributed by atoms with Crippen LogP contribution in [0.5, 0.6) is 5.75 Å². The van der Waals surface area contributed by atoms with E-state index in [-0.39, 0.29) is 6.42 Å². The molecule has 0 aliphatic carbocycles. The van der Waals surface area contributed by atoms with Gasteiger partial charge in [0.15, 0.2) is 6.10 Å². The van der Waals surface area contributed by atoms with Crippen LogP contribution < -0.4 is 4.74 Å². The van der Waals surface area contributed by atoms with E-state index >= 15 is 0 Å². The summed E-state index contributed by atoms with van der Waals surface area (Å²) in [5.41, 5.74) is 0.675. The number of ether oxygens (including phenoxy) is 1. The average molecular weight is 361 g/mol. The van der Waals surface area contributed by atoms with Gasteiger partial charge in [0.25, 0.3) is 0 Å². The first-order chi connectivity index (χ1) is 11.5. The SMILES string of the molecule is O=C(O)[C@H](Cc1ccc(Cl)cc1Cl)Oc1ccc2ccccc2c1. The van der Waals surface area contributed by atoms with Crippen LogP contribution in [0.25, 0.3) is 10.8 Å². The zero-order valence-electron chi connectivity index (χ0n) is 12.6. The van der Waals surface area contributed by atoms with Crippen molar-refractivity contribution in [2.24, 2.45) is 0 Å². The minimum Gasteiger partial charge on any atom is -0.478 e. The van der Waals surface area contributed by atoms with Gasteiger partial charge in [0.05, 0.1) is 0 Å². The number of carboxylic acid groups (broad SMARTS) is 1. The Morgan fingerprint density at radius 2 is 1.75 bits per heavy atom. The normalized spacial score (nSPS) is 12.1. The van der Waals surface area contributed by atoms with E-state index in [1.54, 1.807) is 24.3 Å². The Balaban J connectivity index is 1.83. The number of halogens is 2. The Hall–Kier alpha value is -2.23. The minimum absolute atomic E-state index is 0.151. The molecule has 0 radical (unpaired) electrons. The predicted molar refractivity (Wildman–Crippen MR) is 96.2 cm³/mol. The number of carbonyl (C=O) groups is 1. The highest BCUT2D eigenvalue weighted by Crippen LogP contribution is 2.25. The lowest BCUT2D eigenvalue weighted by Crippen LogP contribution is -2.29. The Morgan fingerprint density at radius 1 is 1.00 bits per heavy atom. The van der Waals surface area contributed by atoms with Crippen molar-refractivity contribution in [1.82, 2.24) is 0 Å². The molecule has 3 aromatic carbocycles. The van der Waals surface area contributed by atoms with Gasteiger partial charge in [-0.2, -0.15) is 0 Å². The van der Waals surface area contributed by atoms with Crippen LogP contribution in [0.2, 0.25) is 10.0 Å². The van der Waals surface area contributed by atoms with Crippen molar-refractivity contribution >= 4 is 39.9 Å². The van der Waals surface area contributed by atoms with Crippen LogP contribution >= 0.6 is 23.2 Å². The van der Waals surface area contributed by atoms with Crippen LogP contribution in [-0.4, -0.2) is 17.2 Å². The molecule has 0 fully saturated rings. The molecule has 24 heavy (non-hydrogen) atoms. The molecule has 0 heterocycles. The molecule has 3 rings (SSSR count). The van der Waals surface area contributed by atoms with Crippen molar-refractivity contribution < 1.29 is 14.6 Å². The largest absolute Gasteiger partial charge is 0.478 e. The van der Waals surface area contributed by atoms with Crippen LogP contribution in [0, 0.1) is 0 Å². The third kappa shape index (κ3) is 3.81. The smallest absolute Gasteiger partial charge is 0.345 e. The second kappa shape index (κ2) is 7.12. The number of benzene rings is 3. The molecular weight excluding hydrogens is 347 g/mol. The van der Waals surface area contributed by atoms with E-state index in [2.05, 4.69) is 0 Å². The van der Waals surface area contributed by atoms with Gasteiger partial charge in [-0.15, -0.1) is 0 Å². The van der Waals surface area contributed by atoms with Crippen molar-refractivity contribution in [2.75, 3.05) is 0 Å². The molecule has 0 saturated heterocycles. The number of fused-ring (bicyclic) bond motifs is 1. The summed E-state index contributed by atoms with van der Waals surface area (Å²) in [5.74, 6) is -0.541. The van der Waals surface area contributed by atoms with Crippen LogP contribution in [-0.2, 0) is 11.2 Å². The van der Waals surface area contributed by atoms with E-state index in [1.807, 2.05) is 36.4 Å². The second-order valence-electron chi connectivity index (χ2n) is 5.39. The van der Waals surface area contributed by atoms with Crippen molar-refractivity contribution in [3.8, 4) is 5.75 Å².